The molecular formula is C28H28Cl2N8O4S. The summed E-state index contributed by atoms with van der Waals surface area (Å²) in [6.45, 7) is 5.20. The number of amides is 1. The van der Waals surface area contributed by atoms with E-state index in [0.717, 1.165) is 36.3 Å². The Balaban J connectivity index is 1.32. The summed E-state index contributed by atoms with van der Waals surface area (Å²) in [5.41, 5.74) is 2.05. The zero-order valence-electron chi connectivity index (χ0n) is 23.7. The zero-order valence-corrected chi connectivity index (χ0v) is 26.0. The highest BCUT2D eigenvalue weighted by molar-refractivity contribution is 7.89. The Hall–Kier alpha value is -3.81. The number of aromatic nitrogens is 5. The molecule has 0 spiro atoms. The fourth-order valence-corrected chi connectivity index (χ4v) is 6.65. The third-order valence-corrected chi connectivity index (χ3v) is 8.90. The van der Waals surface area contributed by atoms with Crippen LogP contribution >= 0.6 is 23.2 Å². The Bertz CT molecular complexity index is 1940. The molecule has 2 fully saturated rings. The van der Waals surface area contributed by atoms with Gasteiger partial charge >= 0.3 is 0 Å². The van der Waals surface area contributed by atoms with Crippen molar-refractivity contribution in [3.8, 4) is 0 Å². The molecule has 1 aliphatic carbocycles. The molecule has 1 amide bonds. The molecule has 3 aromatic heterocycles. The predicted molar refractivity (Wildman–Crippen MR) is 164 cm³/mol. The van der Waals surface area contributed by atoms with Crippen LogP contribution in [-0.4, -0.2) is 58.2 Å². The molecule has 6 rings (SSSR count). The van der Waals surface area contributed by atoms with Crippen molar-refractivity contribution in [2.24, 2.45) is 18.9 Å². The summed E-state index contributed by atoms with van der Waals surface area (Å²) >= 11 is 12.0. The van der Waals surface area contributed by atoms with E-state index in [2.05, 4.69) is 25.2 Å². The molecule has 224 valence electrons. The summed E-state index contributed by atoms with van der Waals surface area (Å²) in [5.74, 6) is 1.42. The van der Waals surface area contributed by atoms with Crippen LogP contribution in [0.2, 0.25) is 10.2 Å². The first kappa shape index (κ1) is 29.3. The summed E-state index contributed by atoms with van der Waals surface area (Å²) in [6.07, 6.45) is 4.11. The van der Waals surface area contributed by atoms with E-state index < -0.39 is 22.0 Å². The van der Waals surface area contributed by atoms with Crippen molar-refractivity contribution in [1.82, 2.24) is 29.2 Å². The van der Waals surface area contributed by atoms with Crippen LogP contribution in [0.5, 0.6) is 0 Å². The maximum absolute atomic E-state index is 13.6. The lowest BCUT2D eigenvalue weighted by Crippen LogP contribution is -2.32. The number of piperidine rings is 1. The number of carbonyl (C=O) groups is 1. The van der Waals surface area contributed by atoms with Gasteiger partial charge in [-0.15, -0.1) is 0 Å². The number of hydrogen-bond donors (Lipinski definition) is 2. The molecule has 0 bridgehead atoms. The number of hydrogen-bond acceptors (Lipinski definition) is 10. The summed E-state index contributed by atoms with van der Waals surface area (Å²) in [4.78, 5) is 46.3. The van der Waals surface area contributed by atoms with Gasteiger partial charge in [0, 0.05) is 44.0 Å². The monoisotopic (exact) mass is 642 g/mol. The molecule has 1 saturated heterocycles. The Morgan fingerprint density at radius 1 is 1.09 bits per heavy atom. The lowest BCUT2D eigenvalue weighted by Gasteiger charge is -2.25. The minimum absolute atomic E-state index is 0.0289. The highest BCUT2D eigenvalue weighted by Crippen LogP contribution is 2.57. The second-order valence-corrected chi connectivity index (χ2v) is 13.7. The Morgan fingerprint density at radius 2 is 1.77 bits per heavy atom. The van der Waals surface area contributed by atoms with Gasteiger partial charge in [0.25, 0.3) is 11.5 Å². The molecule has 43 heavy (non-hydrogen) atoms. The topological polar surface area (TPSA) is 152 Å². The minimum atomic E-state index is -3.83. The van der Waals surface area contributed by atoms with Crippen molar-refractivity contribution in [3.63, 3.8) is 0 Å². The number of anilines is 2. The lowest BCUT2D eigenvalue weighted by atomic mass is 10.0. The van der Waals surface area contributed by atoms with Gasteiger partial charge in [0.2, 0.25) is 16.0 Å². The van der Waals surface area contributed by atoms with Gasteiger partial charge in [0.15, 0.2) is 5.69 Å². The van der Waals surface area contributed by atoms with Crippen LogP contribution < -0.4 is 20.5 Å². The molecule has 2 aliphatic rings. The molecule has 15 heteroatoms. The van der Waals surface area contributed by atoms with Crippen LogP contribution in [0.3, 0.4) is 0 Å². The predicted octanol–water partition coefficient (Wildman–Crippen LogP) is 3.45. The van der Waals surface area contributed by atoms with Gasteiger partial charge in [-0.1, -0.05) is 29.3 Å². The first-order valence-electron chi connectivity index (χ1n) is 13.5. The average Bonchev–Trinajstić information content (AvgIpc) is 3.43. The number of fused-ring (bicyclic) bond motifs is 2. The Morgan fingerprint density at radius 3 is 2.42 bits per heavy atom. The van der Waals surface area contributed by atoms with Crippen molar-refractivity contribution in [2.75, 3.05) is 29.6 Å². The van der Waals surface area contributed by atoms with Crippen molar-refractivity contribution in [3.05, 3.63) is 79.8 Å². The molecule has 12 nitrogen and oxygen atoms in total. The normalized spacial score (nSPS) is 20.1. The van der Waals surface area contributed by atoms with Gasteiger partial charge in [0.05, 0.1) is 33.9 Å². The number of aryl methyl sites for hydroxylation is 1. The molecule has 0 radical (unpaired) electrons. The van der Waals surface area contributed by atoms with Gasteiger partial charge in [-0.25, -0.2) is 33.1 Å². The third-order valence-electron chi connectivity index (χ3n) is 7.94. The second-order valence-electron chi connectivity index (χ2n) is 11.1. The number of halogens is 2. The van der Waals surface area contributed by atoms with Crippen LogP contribution in [0.15, 0.2) is 41.5 Å². The number of nitrogens with zero attached hydrogens (tertiary/aromatic N) is 6. The first-order chi connectivity index (χ1) is 20.3. The number of nitrogens with one attached hydrogen (secondary N) is 2. The van der Waals surface area contributed by atoms with Gasteiger partial charge in [0.1, 0.15) is 11.0 Å². The minimum Gasteiger partial charge on any atom is -0.377 e. The summed E-state index contributed by atoms with van der Waals surface area (Å²) in [6, 6.07) is 6.34. The molecule has 1 unspecified atom stereocenters. The molecule has 1 aromatic carbocycles. The van der Waals surface area contributed by atoms with Crippen molar-refractivity contribution >= 4 is 61.7 Å². The molecule has 2 N–H and O–H groups in total. The van der Waals surface area contributed by atoms with Crippen molar-refractivity contribution in [2.45, 2.75) is 25.8 Å². The summed E-state index contributed by atoms with van der Waals surface area (Å²) < 4.78 is 26.9. The van der Waals surface area contributed by atoms with E-state index in [-0.39, 0.29) is 28.0 Å². The highest BCUT2D eigenvalue weighted by atomic mass is 35.5. The molecule has 1 saturated carbocycles. The molecule has 4 atom stereocenters. The van der Waals surface area contributed by atoms with Gasteiger partial charge in [-0.2, -0.15) is 0 Å². The standard InChI is InChI=1S/C28H28Cl2N8O4S/c1-13-7-16(14(2)33-20-5-6-21(30)34-24(20)26(39)36-43(4,41)42)23-17(8-13)27(40)37(3)28(35-23)38-11-18-19(12-38)22(18)25-31-9-15(29)10-32-25/h5-10,14,18-19,22,33H,11-12H2,1-4H3,(H,36,39)/t14-,18-,19+,22?/m1/s1. The van der Waals surface area contributed by atoms with E-state index in [9.17, 15) is 18.0 Å². The van der Waals surface area contributed by atoms with Crippen LogP contribution in [0.25, 0.3) is 10.9 Å². The second kappa shape index (κ2) is 10.7. The highest BCUT2D eigenvalue weighted by Gasteiger charge is 2.58. The van der Waals surface area contributed by atoms with Gasteiger partial charge < -0.3 is 10.2 Å². The molecule has 4 aromatic rings. The van der Waals surface area contributed by atoms with Gasteiger partial charge in [-0.3, -0.25) is 14.2 Å². The lowest BCUT2D eigenvalue weighted by molar-refractivity contribution is 0.0977. The Kier molecular flexibility index (Phi) is 7.30. The summed E-state index contributed by atoms with van der Waals surface area (Å²) in [5, 5.41) is 4.24. The van der Waals surface area contributed by atoms with Crippen molar-refractivity contribution < 1.29 is 13.2 Å². The van der Waals surface area contributed by atoms with Gasteiger partial charge in [-0.05, 0) is 49.4 Å². The largest absolute Gasteiger partial charge is 0.377 e. The third kappa shape index (κ3) is 5.64. The van der Waals surface area contributed by atoms with Crippen LogP contribution in [-0.2, 0) is 17.1 Å². The molecular weight excluding hydrogens is 615 g/mol. The fraction of sp³-hybridized carbons (Fsp3) is 0.357. The van der Waals surface area contributed by atoms with Crippen LogP contribution in [0.4, 0.5) is 11.6 Å². The number of carbonyl (C=O) groups excluding carboxylic acids is 1. The van der Waals surface area contributed by atoms with E-state index in [1.165, 1.54) is 6.07 Å². The zero-order chi connectivity index (χ0) is 30.8. The summed E-state index contributed by atoms with van der Waals surface area (Å²) in [7, 11) is -2.11. The van der Waals surface area contributed by atoms with Crippen LogP contribution in [0.1, 0.15) is 46.3 Å². The fourth-order valence-electron chi connectivity index (χ4n) is 5.97. The van der Waals surface area contributed by atoms with E-state index >= 15 is 0 Å². The SMILES string of the molecule is Cc1cc([C@@H](C)Nc2ccc(Cl)nc2C(=O)NS(C)(=O)=O)c2nc(N3C[C@@H]4C(c5ncc(Cl)cn5)[C@@H]4C3)n(C)c(=O)c2c1. The Labute approximate surface area is 257 Å². The number of pyridine rings is 1. The van der Waals surface area contributed by atoms with E-state index in [1.54, 1.807) is 30.1 Å². The maximum Gasteiger partial charge on any atom is 0.285 e. The van der Waals surface area contributed by atoms with E-state index in [4.69, 9.17) is 28.2 Å². The first-order valence-corrected chi connectivity index (χ1v) is 16.1. The maximum atomic E-state index is 13.6. The number of rotatable bonds is 7. The smallest absolute Gasteiger partial charge is 0.285 e. The molecule has 4 heterocycles. The molecule has 1 aliphatic heterocycles. The van der Waals surface area contributed by atoms with E-state index in [1.807, 2.05) is 30.7 Å². The number of sulfonamides is 1. The number of benzene rings is 1. The van der Waals surface area contributed by atoms with Crippen molar-refractivity contribution in [1.29, 1.82) is 0 Å². The van der Waals surface area contributed by atoms with Crippen LogP contribution in [0, 0.1) is 18.8 Å². The van der Waals surface area contributed by atoms with E-state index in [0.29, 0.717) is 33.7 Å². The quantitative estimate of drug-likeness (QED) is 0.287. The average molecular weight is 644 g/mol.